The fourth-order valence-corrected chi connectivity index (χ4v) is 4.89. The van der Waals surface area contributed by atoms with E-state index in [9.17, 15) is 8.42 Å². The van der Waals surface area contributed by atoms with Gasteiger partial charge in [-0.15, -0.1) is 0 Å². The van der Waals surface area contributed by atoms with Gasteiger partial charge < -0.3 is 15.1 Å². The number of furan rings is 1. The highest BCUT2D eigenvalue weighted by Crippen LogP contribution is 2.26. The zero-order chi connectivity index (χ0) is 21.7. The average molecular weight is 433 g/mol. The number of nitrogens with one attached hydrogen (secondary N) is 2. The molecule has 8 heteroatoms. The Morgan fingerprint density at radius 1 is 1.17 bits per heavy atom. The number of nitrogens with zero attached hydrogens (tertiary/aromatic N) is 2. The van der Waals surface area contributed by atoms with Crippen molar-refractivity contribution < 1.29 is 12.8 Å². The molecule has 7 nitrogen and oxygen atoms in total. The second-order valence-corrected chi connectivity index (χ2v) is 9.87. The molecule has 1 saturated heterocycles. The molecular weight excluding hydrogens is 400 g/mol. The van der Waals surface area contributed by atoms with Gasteiger partial charge in [0.25, 0.3) is 0 Å². The summed E-state index contributed by atoms with van der Waals surface area (Å²) in [6.07, 6.45) is 3.66. The minimum atomic E-state index is -3.21. The highest BCUT2D eigenvalue weighted by atomic mass is 32.2. The Labute approximate surface area is 179 Å². The third-order valence-electron chi connectivity index (χ3n) is 5.46. The van der Waals surface area contributed by atoms with Gasteiger partial charge in [0.1, 0.15) is 11.5 Å². The van der Waals surface area contributed by atoms with Crippen LogP contribution in [-0.4, -0.2) is 52.2 Å². The normalized spacial score (nSPS) is 16.6. The lowest BCUT2D eigenvalue weighted by Crippen LogP contribution is -2.42. The van der Waals surface area contributed by atoms with E-state index in [4.69, 9.17) is 4.42 Å². The lowest BCUT2D eigenvalue weighted by atomic mass is 10.1. The molecule has 2 N–H and O–H groups in total. The Bertz CT molecular complexity index is 992. The fourth-order valence-electron chi connectivity index (χ4n) is 3.93. The third-order valence-corrected chi connectivity index (χ3v) is 6.71. The minimum Gasteiger partial charge on any atom is -0.465 e. The SMILES string of the molecule is CN=C(NCc1ccc(S(C)(=O)=O)c(C)c1)NCC(c1ccc(C)o1)N1CCCC1. The molecule has 1 aliphatic heterocycles. The quantitative estimate of drug-likeness (QED) is 0.517. The molecule has 1 aliphatic rings. The van der Waals surface area contributed by atoms with E-state index < -0.39 is 9.84 Å². The summed E-state index contributed by atoms with van der Waals surface area (Å²) >= 11 is 0. The summed E-state index contributed by atoms with van der Waals surface area (Å²) in [4.78, 5) is 7.15. The molecule has 0 amide bonds. The van der Waals surface area contributed by atoms with Gasteiger partial charge in [-0.25, -0.2) is 8.42 Å². The van der Waals surface area contributed by atoms with Gasteiger partial charge in [-0.3, -0.25) is 9.89 Å². The van der Waals surface area contributed by atoms with Gasteiger partial charge in [-0.1, -0.05) is 12.1 Å². The number of aryl methyl sites for hydroxylation is 2. The van der Waals surface area contributed by atoms with Crippen LogP contribution in [0.2, 0.25) is 0 Å². The maximum Gasteiger partial charge on any atom is 0.191 e. The van der Waals surface area contributed by atoms with Crippen molar-refractivity contribution in [2.24, 2.45) is 4.99 Å². The van der Waals surface area contributed by atoms with Gasteiger partial charge in [0, 0.05) is 26.4 Å². The maximum atomic E-state index is 11.8. The van der Waals surface area contributed by atoms with Crippen LogP contribution >= 0.6 is 0 Å². The molecule has 0 bridgehead atoms. The largest absolute Gasteiger partial charge is 0.465 e. The fraction of sp³-hybridized carbons (Fsp3) is 0.500. The Hall–Kier alpha value is -2.32. The van der Waals surface area contributed by atoms with Gasteiger partial charge in [0.2, 0.25) is 0 Å². The number of rotatable bonds is 7. The van der Waals surface area contributed by atoms with Crippen molar-refractivity contribution in [1.29, 1.82) is 0 Å². The van der Waals surface area contributed by atoms with Crippen molar-refractivity contribution in [2.45, 2.75) is 44.2 Å². The van der Waals surface area contributed by atoms with E-state index in [1.807, 2.05) is 32.0 Å². The Morgan fingerprint density at radius 2 is 1.90 bits per heavy atom. The number of guanidine groups is 1. The van der Waals surface area contributed by atoms with Crippen molar-refractivity contribution in [3.8, 4) is 0 Å². The summed E-state index contributed by atoms with van der Waals surface area (Å²) in [5.41, 5.74) is 1.75. The summed E-state index contributed by atoms with van der Waals surface area (Å²) in [5.74, 6) is 2.60. The Kier molecular flexibility index (Phi) is 7.20. The van der Waals surface area contributed by atoms with Crippen molar-refractivity contribution in [2.75, 3.05) is 32.9 Å². The van der Waals surface area contributed by atoms with Crippen molar-refractivity contribution in [3.05, 3.63) is 53.0 Å². The molecule has 0 saturated carbocycles. The second-order valence-electron chi connectivity index (χ2n) is 7.89. The smallest absolute Gasteiger partial charge is 0.191 e. The summed E-state index contributed by atoms with van der Waals surface area (Å²) in [6.45, 7) is 7.18. The maximum absolute atomic E-state index is 11.8. The van der Waals surface area contributed by atoms with Crippen molar-refractivity contribution in [3.63, 3.8) is 0 Å². The Balaban J connectivity index is 1.61. The summed E-state index contributed by atoms with van der Waals surface area (Å²) in [5, 5.41) is 6.73. The van der Waals surface area contributed by atoms with E-state index in [1.165, 1.54) is 19.1 Å². The minimum absolute atomic E-state index is 0.163. The molecule has 2 aromatic rings. The number of hydrogen-bond acceptors (Lipinski definition) is 5. The molecule has 0 aliphatic carbocycles. The van der Waals surface area contributed by atoms with E-state index in [0.717, 1.165) is 35.7 Å². The molecule has 164 valence electrons. The number of benzene rings is 1. The molecule has 1 fully saturated rings. The zero-order valence-corrected chi connectivity index (χ0v) is 19.1. The molecule has 1 atom stereocenters. The topological polar surface area (TPSA) is 86.9 Å². The summed E-state index contributed by atoms with van der Waals surface area (Å²) in [6, 6.07) is 9.63. The predicted octanol–water partition coefficient (Wildman–Crippen LogP) is 2.80. The molecule has 30 heavy (non-hydrogen) atoms. The first-order chi connectivity index (χ1) is 14.3. The lowest BCUT2D eigenvalue weighted by molar-refractivity contribution is 0.213. The van der Waals surface area contributed by atoms with Crippen LogP contribution in [0.3, 0.4) is 0 Å². The molecule has 0 radical (unpaired) electrons. The zero-order valence-electron chi connectivity index (χ0n) is 18.2. The van der Waals surface area contributed by atoms with Gasteiger partial charge in [0.15, 0.2) is 15.8 Å². The van der Waals surface area contributed by atoms with E-state index in [1.54, 1.807) is 13.1 Å². The van der Waals surface area contributed by atoms with E-state index in [-0.39, 0.29) is 6.04 Å². The number of hydrogen-bond donors (Lipinski definition) is 2. The predicted molar refractivity (Wildman–Crippen MR) is 119 cm³/mol. The van der Waals surface area contributed by atoms with Gasteiger partial charge in [-0.05, 0) is 69.1 Å². The molecule has 0 spiro atoms. The van der Waals surface area contributed by atoms with Crippen LogP contribution in [0.15, 0.2) is 44.6 Å². The standard InChI is InChI=1S/C22H32N4O3S/c1-16-13-18(8-10-21(16)30(4,27)28)14-24-22(23-3)25-15-19(26-11-5-6-12-26)20-9-7-17(2)29-20/h7-10,13,19H,5-6,11-12,14-15H2,1-4H3,(H2,23,24,25). The van der Waals surface area contributed by atoms with Crippen LogP contribution in [0.25, 0.3) is 0 Å². The van der Waals surface area contributed by atoms with Crippen LogP contribution < -0.4 is 10.6 Å². The second kappa shape index (κ2) is 9.66. The van der Waals surface area contributed by atoms with Crippen LogP contribution in [0.1, 0.15) is 41.5 Å². The number of sulfone groups is 1. The molecule has 1 aromatic heterocycles. The van der Waals surface area contributed by atoms with Gasteiger partial charge in [-0.2, -0.15) is 0 Å². The Morgan fingerprint density at radius 3 is 2.47 bits per heavy atom. The molecular formula is C22H32N4O3S. The van der Waals surface area contributed by atoms with Crippen LogP contribution in [0, 0.1) is 13.8 Å². The molecule has 1 aromatic carbocycles. The third kappa shape index (κ3) is 5.64. The van der Waals surface area contributed by atoms with E-state index >= 15 is 0 Å². The van der Waals surface area contributed by atoms with Crippen LogP contribution in [0.5, 0.6) is 0 Å². The first kappa shape index (κ1) is 22.4. The van der Waals surface area contributed by atoms with Crippen molar-refractivity contribution >= 4 is 15.8 Å². The monoisotopic (exact) mass is 432 g/mol. The highest BCUT2D eigenvalue weighted by Gasteiger charge is 2.26. The van der Waals surface area contributed by atoms with Crippen molar-refractivity contribution in [1.82, 2.24) is 15.5 Å². The molecule has 1 unspecified atom stereocenters. The van der Waals surface area contributed by atoms with E-state index in [0.29, 0.717) is 23.9 Å². The number of likely N-dealkylation sites (tertiary alicyclic amines) is 1. The first-order valence-electron chi connectivity index (χ1n) is 10.3. The lowest BCUT2D eigenvalue weighted by Gasteiger charge is -2.26. The molecule has 2 heterocycles. The number of aliphatic imine (C=N–C) groups is 1. The summed E-state index contributed by atoms with van der Waals surface area (Å²) in [7, 11) is -1.46. The summed E-state index contributed by atoms with van der Waals surface area (Å²) < 4.78 is 29.5. The average Bonchev–Trinajstić information content (AvgIpc) is 3.36. The van der Waals surface area contributed by atoms with E-state index in [2.05, 4.69) is 26.6 Å². The van der Waals surface area contributed by atoms with Gasteiger partial charge >= 0.3 is 0 Å². The first-order valence-corrected chi connectivity index (χ1v) is 12.2. The van der Waals surface area contributed by atoms with Crippen LogP contribution in [0.4, 0.5) is 0 Å². The van der Waals surface area contributed by atoms with Crippen LogP contribution in [-0.2, 0) is 16.4 Å². The highest BCUT2D eigenvalue weighted by molar-refractivity contribution is 7.90. The molecule has 3 rings (SSSR count). The van der Waals surface area contributed by atoms with Gasteiger partial charge in [0.05, 0.1) is 10.9 Å².